The number of piperidine rings is 1. The van der Waals surface area contributed by atoms with Crippen LogP contribution in [-0.4, -0.2) is 47.5 Å². The topological polar surface area (TPSA) is 72.9 Å². The first kappa shape index (κ1) is 14.7. The van der Waals surface area contributed by atoms with Gasteiger partial charge in [0.05, 0.1) is 13.0 Å². The summed E-state index contributed by atoms with van der Waals surface area (Å²) < 4.78 is 36.2. The summed E-state index contributed by atoms with van der Waals surface area (Å²) in [6.45, 7) is 4.69. The average Bonchev–Trinajstić information content (AvgIpc) is 2.67. The van der Waals surface area contributed by atoms with Gasteiger partial charge in [-0.1, -0.05) is 0 Å². The minimum Gasteiger partial charge on any atom is -0.467 e. The maximum Gasteiger partial charge on any atom is 0.417 e. The lowest BCUT2D eigenvalue weighted by Crippen LogP contribution is -2.50. The molecule has 2 fully saturated rings. The molecule has 0 aromatic heterocycles. The van der Waals surface area contributed by atoms with Crippen LogP contribution in [0.25, 0.3) is 0 Å². The van der Waals surface area contributed by atoms with Crippen LogP contribution in [0.15, 0.2) is 0 Å². The fraction of sp³-hybridized carbons (Fsp3) is 0.750. The molecule has 8 heteroatoms. The standard InChI is InChI=1S/C12H15F2NO5/c1-11(2,3)20-10(18)15-7(9(17)19-4)5-6(8(15)16)12(5,13)14/h5-7H,1-4H3/t5-,6+,7+/m1/s1. The summed E-state index contributed by atoms with van der Waals surface area (Å²) in [5.41, 5.74) is -0.909. The zero-order valence-electron chi connectivity index (χ0n) is 11.5. The van der Waals surface area contributed by atoms with E-state index in [1.807, 2.05) is 0 Å². The number of hydrogen-bond acceptors (Lipinski definition) is 5. The van der Waals surface area contributed by atoms with Crippen LogP contribution < -0.4 is 0 Å². The maximum absolute atomic E-state index is 13.4. The SMILES string of the molecule is COC(=O)[C@@H]1[C@H]2[C@@H](C(=O)N1C(=O)OC(C)(C)C)C2(F)F. The third-order valence-corrected chi connectivity index (χ3v) is 3.26. The van der Waals surface area contributed by atoms with Crippen LogP contribution in [0.5, 0.6) is 0 Å². The lowest BCUT2D eigenvalue weighted by Gasteiger charge is -2.28. The summed E-state index contributed by atoms with van der Waals surface area (Å²) in [6.07, 6.45) is -1.11. The number of rotatable bonds is 1. The molecule has 1 saturated heterocycles. The molecular weight excluding hydrogens is 276 g/mol. The molecule has 2 aliphatic rings. The highest BCUT2D eigenvalue weighted by Gasteiger charge is 2.83. The zero-order chi connectivity index (χ0) is 15.5. The van der Waals surface area contributed by atoms with Gasteiger partial charge in [-0.05, 0) is 20.8 Å². The normalized spacial score (nSPS) is 30.8. The van der Waals surface area contributed by atoms with Gasteiger partial charge in [0.25, 0.3) is 5.92 Å². The molecule has 0 N–H and O–H groups in total. The largest absolute Gasteiger partial charge is 0.467 e. The van der Waals surface area contributed by atoms with E-state index in [2.05, 4.69) is 4.74 Å². The summed E-state index contributed by atoms with van der Waals surface area (Å²) in [6, 6.07) is -1.62. The number of alkyl halides is 2. The number of carbonyl (C=O) groups is 3. The smallest absolute Gasteiger partial charge is 0.417 e. The number of esters is 1. The number of ether oxygens (including phenoxy) is 2. The molecule has 1 aliphatic heterocycles. The molecule has 3 atom stereocenters. The van der Waals surface area contributed by atoms with Crippen molar-refractivity contribution in [2.24, 2.45) is 11.8 Å². The Bertz CT molecular complexity index is 485. The Kier molecular flexibility index (Phi) is 3.03. The molecule has 0 bridgehead atoms. The van der Waals surface area contributed by atoms with Crippen molar-refractivity contribution in [3.8, 4) is 0 Å². The molecule has 20 heavy (non-hydrogen) atoms. The van der Waals surface area contributed by atoms with E-state index in [0.717, 1.165) is 7.11 Å². The van der Waals surface area contributed by atoms with Gasteiger partial charge >= 0.3 is 12.1 Å². The van der Waals surface area contributed by atoms with Gasteiger partial charge in [-0.25, -0.2) is 23.3 Å². The van der Waals surface area contributed by atoms with Crippen molar-refractivity contribution >= 4 is 18.0 Å². The maximum atomic E-state index is 13.4. The lowest BCUT2D eigenvalue weighted by molar-refractivity contribution is -0.153. The van der Waals surface area contributed by atoms with E-state index in [1.165, 1.54) is 0 Å². The molecule has 6 nitrogen and oxygen atoms in total. The predicted octanol–water partition coefficient (Wildman–Crippen LogP) is 1.19. The first-order valence-corrected chi connectivity index (χ1v) is 6.04. The van der Waals surface area contributed by atoms with Crippen LogP contribution in [0.2, 0.25) is 0 Å². The second-order valence-electron chi connectivity index (χ2n) is 5.83. The van der Waals surface area contributed by atoms with Crippen LogP contribution >= 0.6 is 0 Å². The summed E-state index contributed by atoms with van der Waals surface area (Å²) in [5.74, 6) is -8.57. The molecule has 112 valence electrons. The molecule has 1 saturated carbocycles. The second kappa shape index (κ2) is 4.13. The van der Waals surface area contributed by atoms with Gasteiger partial charge in [-0.15, -0.1) is 0 Å². The summed E-state index contributed by atoms with van der Waals surface area (Å²) in [5, 5.41) is 0. The van der Waals surface area contributed by atoms with Crippen LogP contribution in [0.4, 0.5) is 13.6 Å². The fourth-order valence-corrected chi connectivity index (χ4v) is 2.40. The highest BCUT2D eigenvalue weighted by molar-refractivity contribution is 6.04. The third-order valence-electron chi connectivity index (χ3n) is 3.26. The van der Waals surface area contributed by atoms with E-state index in [4.69, 9.17) is 4.74 Å². The molecule has 0 aromatic rings. The van der Waals surface area contributed by atoms with E-state index in [0.29, 0.717) is 4.90 Å². The van der Waals surface area contributed by atoms with Gasteiger partial charge in [0.1, 0.15) is 17.6 Å². The van der Waals surface area contributed by atoms with E-state index in [9.17, 15) is 23.2 Å². The number of likely N-dealkylation sites (tertiary alicyclic amines) is 1. The van der Waals surface area contributed by atoms with Gasteiger partial charge in [-0.3, -0.25) is 4.79 Å². The van der Waals surface area contributed by atoms with Crippen molar-refractivity contribution in [3.63, 3.8) is 0 Å². The highest BCUT2D eigenvalue weighted by Crippen LogP contribution is 2.63. The van der Waals surface area contributed by atoms with Gasteiger partial charge in [0.2, 0.25) is 5.91 Å². The minimum atomic E-state index is -3.27. The zero-order valence-corrected chi connectivity index (χ0v) is 11.5. The number of hydrogen-bond donors (Lipinski definition) is 0. The Balaban J connectivity index is 2.27. The third kappa shape index (κ3) is 2.03. The van der Waals surface area contributed by atoms with Crippen molar-refractivity contribution < 1.29 is 32.6 Å². The Morgan fingerprint density at radius 2 is 1.85 bits per heavy atom. The van der Waals surface area contributed by atoms with Gasteiger partial charge in [0, 0.05) is 0 Å². The Morgan fingerprint density at radius 3 is 2.30 bits per heavy atom. The van der Waals surface area contributed by atoms with Crippen LogP contribution in [0, 0.1) is 11.8 Å². The van der Waals surface area contributed by atoms with E-state index in [1.54, 1.807) is 20.8 Å². The van der Waals surface area contributed by atoms with Gasteiger partial charge in [0.15, 0.2) is 0 Å². The predicted molar refractivity (Wildman–Crippen MR) is 60.8 cm³/mol. The number of methoxy groups -OCH3 is 1. The molecule has 0 aromatic carbocycles. The van der Waals surface area contributed by atoms with E-state index >= 15 is 0 Å². The molecule has 2 rings (SSSR count). The number of fused-ring (bicyclic) bond motifs is 1. The molecule has 1 heterocycles. The summed E-state index contributed by atoms with van der Waals surface area (Å²) in [7, 11) is 1.01. The van der Waals surface area contributed by atoms with E-state index in [-0.39, 0.29) is 0 Å². The molecule has 1 aliphatic carbocycles. The van der Waals surface area contributed by atoms with Crippen LogP contribution in [-0.2, 0) is 19.1 Å². The fourth-order valence-electron chi connectivity index (χ4n) is 2.40. The lowest BCUT2D eigenvalue weighted by atomic mass is 10.2. The van der Waals surface area contributed by atoms with Crippen molar-refractivity contribution in [1.82, 2.24) is 4.90 Å². The summed E-state index contributed by atoms with van der Waals surface area (Å²) >= 11 is 0. The quantitative estimate of drug-likeness (QED) is 0.678. The average molecular weight is 291 g/mol. The highest BCUT2D eigenvalue weighted by atomic mass is 19.3. The van der Waals surface area contributed by atoms with E-state index < -0.39 is 47.4 Å². The number of imide groups is 1. The summed E-state index contributed by atoms with van der Waals surface area (Å²) in [4.78, 5) is 35.8. The molecule has 0 radical (unpaired) electrons. The monoisotopic (exact) mass is 291 g/mol. The Hall–Kier alpha value is -1.73. The second-order valence-corrected chi connectivity index (χ2v) is 5.83. The molecule has 2 amide bonds. The molecule has 0 unspecified atom stereocenters. The van der Waals surface area contributed by atoms with Crippen molar-refractivity contribution in [2.75, 3.05) is 7.11 Å². The molecule has 0 spiro atoms. The van der Waals surface area contributed by atoms with Crippen molar-refractivity contribution in [2.45, 2.75) is 38.3 Å². The van der Waals surface area contributed by atoms with Gasteiger partial charge < -0.3 is 9.47 Å². The van der Waals surface area contributed by atoms with Crippen molar-refractivity contribution in [1.29, 1.82) is 0 Å². The first-order valence-electron chi connectivity index (χ1n) is 6.04. The number of nitrogens with zero attached hydrogens (tertiary/aromatic N) is 1. The van der Waals surface area contributed by atoms with Crippen molar-refractivity contribution in [3.05, 3.63) is 0 Å². The molecular formula is C12H15F2NO5. The van der Waals surface area contributed by atoms with Gasteiger partial charge in [-0.2, -0.15) is 0 Å². The Morgan fingerprint density at radius 1 is 1.30 bits per heavy atom. The minimum absolute atomic E-state index is 0.448. The number of amides is 2. The Labute approximate surface area is 114 Å². The number of carbonyl (C=O) groups excluding carboxylic acids is 3. The number of halogens is 2. The van der Waals surface area contributed by atoms with Crippen LogP contribution in [0.1, 0.15) is 20.8 Å². The first-order chi connectivity index (χ1) is 9.02. The van der Waals surface area contributed by atoms with Crippen LogP contribution in [0.3, 0.4) is 0 Å².